The van der Waals surface area contributed by atoms with Crippen molar-refractivity contribution < 1.29 is 17.6 Å². The molecule has 28 heavy (non-hydrogen) atoms. The minimum absolute atomic E-state index is 0.0966. The first kappa shape index (κ1) is 20.9. The zero-order chi connectivity index (χ0) is 20.3. The number of amides is 1. The van der Waals surface area contributed by atoms with Crippen molar-refractivity contribution in [1.82, 2.24) is 9.80 Å². The van der Waals surface area contributed by atoms with Crippen molar-refractivity contribution >= 4 is 45.7 Å². The van der Waals surface area contributed by atoms with E-state index in [0.29, 0.717) is 44.0 Å². The van der Waals surface area contributed by atoms with Crippen molar-refractivity contribution in [3.8, 4) is 0 Å². The van der Waals surface area contributed by atoms with Crippen LogP contribution in [0.25, 0.3) is 0 Å². The number of carbonyl (C=O) groups excluding carboxylic acids is 1. The molecule has 10 heteroatoms. The molecule has 0 atom stereocenters. The number of thiol groups is 1. The highest BCUT2D eigenvalue weighted by molar-refractivity contribution is 7.73. The normalized spacial score (nSPS) is 15.1. The van der Waals surface area contributed by atoms with Crippen molar-refractivity contribution in [3.05, 3.63) is 63.4 Å². The van der Waals surface area contributed by atoms with E-state index in [1.807, 2.05) is 0 Å². The molecule has 150 valence electrons. The molecule has 1 aliphatic heterocycles. The monoisotopic (exact) mass is 445 g/mol. The van der Waals surface area contributed by atoms with Crippen LogP contribution in [-0.4, -0.2) is 50.3 Å². The van der Waals surface area contributed by atoms with Gasteiger partial charge in [0.2, 0.25) is 10.9 Å². The molecule has 1 N–H and O–H groups in total. The Morgan fingerprint density at radius 1 is 1.04 bits per heavy atom. The Hall–Kier alpha value is -1.87. The van der Waals surface area contributed by atoms with E-state index in [2.05, 4.69) is 9.62 Å². The second-order valence-electron chi connectivity index (χ2n) is 6.38. The van der Waals surface area contributed by atoms with Gasteiger partial charge in [0.05, 0.1) is 15.6 Å². The lowest BCUT2D eigenvalue weighted by molar-refractivity contribution is 0.0628. The third kappa shape index (κ3) is 5.14. The van der Waals surface area contributed by atoms with E-state index in [1.54, 1.807) is 11.0 Å². The maximum absolute atomic E-state index is 13.6. The molecule has 1 aliphatic rings. The van der Waals surface area contributed by atoms with Crippen LogP contribution < -0.4 is 4.72 Å². The minimum atomic E-state index is -2.80. The van der Waals surface area contributed by atoms with Gasteiger partial charge < -0.3 is 4.90 Å². The lowest BCUT2D eigenvalue weighted by Gasteiger charge is -2.35. The molecule has 0 unspecified atom stereocenters. The Bertz CT molecular complexity index is 955. The van der Waals surface area contributed by atoms with Crippen LogP contribution in [0.2, 0.25) is 10.0 Å². The fraction of sp³-hybridized carbons (Fsp3) is 0.278. The first-order valence-corrected chi connectivity index (χ1v) is 10.4. The van der Waals surface area contributed by atoms with Crippen LogP contribution in [0.3, 0.4) is 0 Å². The predicted octanol–water partition coefficient (Wildman–Crippen LogP) is 3.03. The van der Waals surface area contributed by atoms with E-state index in [-0.39, 0.29) is 16.0 Å². The van der Waals surface area contributed by atoms with Gasteiger partial charge in [-0.2, -0.15) is 0 Å². The van der Waals surface area contributed by atoms with Gasteiger partial charge in [0.25, 0.3) is 5.91 Å². The molecule has 0 bridgehead atoms. The Labute approximate surface area is 173 Å². The highest BCUT2D eigenvalue weighted by atomic mass is 35.5. The summed E-state index contributed by atoms with van der Waals surface area (Å²) in [7, 11) is -2.80. The molecule has 1 saturated heterocycles. The van der Waals surface area contributed by atoms with Gasteiger partial charge in [-0.3, -0.25) is 14.4 Å². The van der Waals surface area contributed by atoms with E-state index in [4.69, 9.17) is 23.2 Å². The second-order valence-corrected chi connectivity index (χ2v) is 7.93. The lowest BCUT2D eigenvalue weighted by atomic mass is 10.1. The molecule has 3 rings (SSSR count). The molecule has 1 heterocycles. The molecular formula is C18H18Cl2FN3O3S. The summed E-state index contributed by atoms with van der Waals surface area (Å²) in [4.78, 5) is 16.5. The van der Waals surface area contributed by atoms with Gasteiger partial charge in [-0.05, 0) is 35.9 Å². The first-order chi connectivity index (χ1) is 13.3. The number of hydrogen-bond acceptors (Lipinski definition) is 4. The van der Waals surface area contributed by atoms with E-state index < -0.39 is 16.7 Å². The summed E-state index contributed by atoms with van der Waals surface area (Å²) in [5.41, 5.74) is 1.45. The third-order valence-corrected chi connectivity index (χ3v) is 5.53. The number of rotatable bonds is 5. The number of nitrogens with one attached hydrogen (secondary N) is 1. The van der Waals surface area contributed by atoms with Crippen molar-refractivity contribution in [2.75, 3.05) is 30.9 Å². The molecule has 2 aromatic rings. The summed E-state index contributed by atoms with van der Waals surface area (Å²) in [6.45, 7) is 2.88. The number of hydrogen-bond donors (Lipinski definition) is 2. The number of carbonyl (C=O) groups is 1. The van der Waals surface area contributed by atoms with Crippen molar-refractivity contribution in [2.24, 2.45) is 0 Å². The summed E-state index contributed by atoms with van der Waals surface area (Å²) >= 11 is 11.9. The van der Waals surface area contributed by atoms with Crippen molar-refractivity contribution in [2.45, 2.75) is 6.54 Å². The average molecular weight is 446 g/mol. The lowest BCUT2D eigenvalue weighted by Crippen LogP contribution is -2.48. The van der Waals surface area contributed by atoms with Crippen LogP contribution >= 0.6 is 23.2 Å². The van der Waals surface area contributed by atoms with Gasteiger partial charge in [-0.25, -0.2) is 12.8 Å². The number of anilines is 1. The molecule has 2 aromatic carbocycles. The van der Waals surface area contributed by atoms with E-state index in [1.165, 1.54) is 30.3 Å². The Kier molecular flexibility index (Phi) is 6.77. The summed E-state index contributed by atoms with van der Waals surface area (Å²) in [5.74, 6) is -0.651. The number of halogens is 3. The van der Waals surface area contributed by atoms with Crippen molar-refractivity contribution in [1.29, 1.82) is 0 Å². The van der Waals surface area contributed by atoms with E-state index in [9.17, 15) is 17.6 Å². The SMILES string of the molecule is O=C(c1ccc(N[SH](=O)=O)cc1Cl)N1CCN(Cc2ccc(Cl)c(F)c2)CC1. The van der Waals surface area contributed by atoms with Gasteiger partial charge in [-0.1, -0.05) is 29.3 Å². The van der Waals surface area contributed by atoms with Crippen LogP contribution in [0, 0.1) is 5.82 Å². The molecule has 0 radical (unpaired) electrons. The van der Waals surface area contributed by atoms with Crippen LogP contribution in [-0.2, 0) is 17.4 Å². The largest absolute Gasteiger partial charge is 0.336 e. The van der Waals surface area contributed by atoms with Crippen LogP contribution in [0.1, 0.15) is 15.9 Å². The first-order valence-electron chi connectivity index (χ1n) is 8.49. The van der Waals surface area contributed by atoms with Crippen LogP contribution in [0.15, 0.2) is 36.4 Å². The number of piperazine rings is 1. The molecular weight excluding hydrogens is 428 g/mol. The fourth-order valence-electron chi connectivity index (χ4n) is 3.04. The molecule has 1 fully saturated rings. The summed E-state index contributed by atoms with van der Waals surface area (Å²) in [5, 5.41) is 0.283. The molecule has 6 nitrogen and oxygen atoms in total. The topological polar surface area (TPSA) is 69.7 Å². The van der Waals surface area contributed by atoms with Crippen molar-refractivity contribution in [3.63, 3.8) is 0 Å². The standard InChI is InChI=1S/C18H18Cl2FN3O3S/c19-15-4-1-12(9-17(15)21)11-23-5-7-24(8-6-23)18(25)14-3-2-13(10-16(14)20)22-28(26)27/h1-4,9-10,28H,5-8,11H2,(H,22,26,27). The zero-order valence-electron chi connectivity index (χ0n) is 14.7. The van der Waals surface area contributed by atoms with Gasteiger partial charge >= 0.3 is 0 Å². The smallest absolute Gasteiger partial charge is 0.255 e. The Morgan fingerprint density at radius 3 is 2.36 bits per heavy atom. The van der Waals surface area contributed by atoms with E-state index >= 15 is 0 Å². The summed E-state index contributed by atoms with van der Waals surface area (Å²) < 4.78 is 37.2. The fourth-order valence-corrected chi connectivity index (χ4v) is 3.77. The minimum Gasteiger partial charge on any atom is -0.336 e. The molecule has 0 spiro atoms. The third-order valence-electron chi connectivity index (χ3n) is 4.47. The Balaban J connectivity index is 1.59. The highest BCUT2D eigenvalue weighted by Crippen LogP contribution is 2.23. The maximum atomic E-state index is 13.6. The number of benzene rings is 2. The quantitative estimate of drug-likeness (QED) is 0.693. The highest BCUT2D eigenvalue weighted by Gasteiger charge is 2.24. The molecule has 0 saturated carbocycles. The molecule has 0 aliphatic carbocycles. The van der Waals surface area contributed by atoms with Gasteiger partial charge in [0.1, 0.15) is 5.82 Å². The van der Waals surface area contributed by atoms with Crippen LogP contribution in [0.4, 0.5) is 10.1 Å². The molecule has 1 amide bonds. The van der Waals surface area contributed by atoms with E-state index in [0.717, 1.165) is 5.56 Å². The summed E-state index contributed by atoms with van der Waals surface area (Å²) in [6, 6.07) is 9.16. The predicted molar refractivity (Wildman–Crippen MR) is 108 cm³/mol. The van der Waals surface area contributed by atoms with Gasteiger partial charge in [0, 0.05) is 38.4 Å². The molecule has 0 aromatic heterocycles. The zero-order valence-corrected chi connectivity index (χ0v) is 17.1. The Morgan fingerprint density at radius 2 is 1.75 bits per heavy atom. The van der Waals surface area contributed by atoms with Crippen LogP contribution in [0.5, 0.6) is 0 Å². The average Bonchev–Trinajstić information content (AvgIpc) is 2.64. The second kappa shape index (κ2) is 9.09. The van der Waals surface area contributed by atoms with Gasteiger partial charge in [0.15, 0.2) is 0 Å². The number of nitrogens with zero attached hydrogens (tertiary/aromatic N) is 2. The maximum Gasteiger partial charge on any atom is 0.255 e. The van der Waals surface area contributed by atoms with Gasteiger partial charge in [-0.15, -0.1) is 0 Å². The summed E-state index contributed by atoms with van der Waals surface area (Å²) in [6.07, 6.45) is 0.